The molecule has 2 N–H and O–H groups in total. The van der Waals surface area contributed by atoms with Gasteiger partial charge >= 0.3 is 0 Å². The molecule has 1 atom stereocenters. The number of nitro groups is 1. The number of nitrogens with one attached hydrogen (secondary N) is 1. The average Bonchev–Trinajstić information content (AvgIpc) is 2.73. The molecule has 8 heteroatoms. The van der Waals surface area contributed by atoms with E-state index in [1.807, 2.05) is 42.5 Å². The van der Waals surface area contributed by atoms with Gasteiger partial charge in [0, 0.05) is 18.7 Å². The van der Waals surface area contributed by atoms with Crippen molar-refractivity contribution >= 4 is 15.7 Å². The predicted molar refractivity (Wildman–Crippen MR) is 110 cm³/mol. The first-order chi connectivity index (χ1) is 13.7. The highest BCUT2D eigenvalue weighted by molar-refractivity contribution is 7.89. The second-order valence-corrected chi connectivity index (χ2v) is 8.56. The number of nitrogens with zero attached hydrogens (tertiary/aromatic N) is 1. The molecule has 3 aromatic rings. The van der Waals surface area contributed by atoms with Gasteiger partial charge in [-0.25, -0.2) is 13.1 Å². The van der Waals surface area contributed by atoms with Gasteiger partial charge in [-0.1, -0.05) is 54.6 Å². The van der Waals surface area contributed by atoms with Crippen LogP contribution in [0.25, 0.3) is 11.1 Å². The highest BCUT2D eigenvalue weighted by Crippen LogP contribution is 2.25. The Morgan fingerprint density at radius 1 is 0.931 bits per heavy atom. The quantitative estimate of drug-likeness (QED) is 0.456. The summed E-state index contributed by atoms with van der Waals surface area (Å²) in [6, 6.07) is 21.5. The SMILES string of the molecule is CC(O)(CNS(=O)(=O)c1ccc([N+](=O)[O-])cc1)c1ccc(-c2ccccc2)cc1. The Morgan fingerprint density at radius 3 is 2.03 bits per heavy atom. The van der Waals surface area contributed by atoms with Crippen LogP contribution in [0.5, 0.6) is 0 Å². The van der Waals surface area contributed by atoms with Crippen LogP contribution in [0.15, 0.2) is 83.8 Å². The van der Waals surface area contributed by atoms with Gasteiger partial charge in [0.05, 0.1) is 9.82 Å². The molecule has 0 aromatic heterocycles. The minimum atomic E-state index is -3.93. The fourth-order valence-electron chi connectivity index (χ4n) is 2.82. The average molecular weight is 412 g/mol. The lowest BCUT2D eigenvalue weighted by atomic mass is 9.94. The van der Waals surface area contributed by atoms with Crippen molar-refractivity contribution in [3.05, 3.63) is 94.5 Å². The molecule has 1 unspecified atom stereocenters. The lowest BCUT2D eigenvalue weighted by Gasteiger charge is -2.24. The Bertz CT molecular complexity index is 1090. The zero-order valence-electron chi connectivity index (χ0n) is 15.6. The van der Waals surface area contributed by atoms with E-state index in [4.69, 9.17) is 0 Å². The summed E-state index contributed by atoms with van der Waals surface area (Å²) in [5.74, 6) is 0. The third-order valence-electron chi connectivity index (χ3n) is 4.58. The summed E-state index contributed by atoms with van der Waals surface area (Å²) in [5.41, 5.74) is 0.940. The van der Waals surface area contributed by atoms with E-state index in [0.29, 0.717) is 5.56 Å². The second-order valence-electron chi connectivity index (χ2n) is 6.79. The lowest BCUT2D eigenvalue weighted by molar-refractivity contribution is -0.384. The molecule has 0 aliphatic carbocycles. The van der Waals surface area contributed by atoms with Crippen LogP contribution < -0.4 is 4.72 Å². The van der Waals surface area contributed by atoms with Crippen molar-refractivity contribution in [2.45, 2.75) is 17.4 Å². The van der Waals surface area contributed by atoms with Gasteiger partial charge in [0.1, 0.15) is 5.60 Å². The zero-order chi connectivity index (χ0) is 21.1. The van der Waals surface area contributed by atoms with Crippen LogP contribution in [0, 0.1) is 10.1 Å². The maximum Gasteiger partial charge on any atom is 0.269 e. The molecule has 0 radical (unpaired) electrons. The molecule has 0 fully saturated rings. The molecule has 0 spiro atoms. The molecular formula is C21H20N2O5S. The molecule has 150 valence electrons. The molecule has 29 heavy (non-hydrogen) atoms. The van der Waals surface area contributed by atoms with Gasteiger partial charge in [0.15, 0.2) is 0 Å². The van der Waals surface area contributed by atoms with Gasteiger partial charge in [0.2, 0.25) is 10.0 Å². The Kier molecular flexibility index (Phi) is 5.78. The molecule has 7 nitrogen and oxygen atoms in total. The number of rotatable bonds is 7. The standard InChI is InChI=1S/C21H20N2O5S/c1-21(24,18-9-7-17(8-10-18)16-5-3-2-4-6-16)15-22-29(27,28)20-13-11-19(12-14-20)23(25)26/h2-14,22,24H,15H2,1H3. The van der Waals surface area contributed by atoms with Crippen molar-refractivity contribution in [1.82, 2.24) is 4.72 Å². The third-order valence-corrected chi connectivity index (χ3v) is 6.00. The third kappa shape index (κ3) is 4.86. The molecule has 3 rings (SSSR count). The van der Waals surface area contributed by atoms with Crippen molar-refractivity contribution in [2.75, 3.05) is 6.54 Å². The lowest BCUT2D eigenvalue weighted by Crippen LogP contribution is -2.38. The Morgan fingerprint density at radius 2 is 1.48 bits per heavy atom. The van der Waals surface area contributed by atoms with Gasteiger partial charge in [-0.05, 0) is 35.7 Å². The number of hydrogen-bond donors (Lipinski definition) is 2. The molecule has 0 saturated heterocycles. The van der Waals surface area contributed by atoms with Crippen molar-refractivity contribution in [1.29, 1.82) is 0 Å². The minimum absolute atomic E-state index is 0.113. The Hall–Kier alpha value is -3.07. The van der Waals surface area contributed by atoms with Gasteiger partial charge in [-0.15, -0.1) is 0 Å². The van der Waals surface area contributed by atoms with Crippen molar-refractivity contribution in [2.24, 2.45) is 0 Å². The summed E-state index contributed by atoms with van der Waals surface area (Å²) >= 11 is 0. The second kappa shape index (κ2) is 8.12. The summed E-state index contributed by atoms with van der Waals surface area (Å²) in [5, 5.41) is 21.5. The van der Waals surface area contributed by atoms with Crippen molar-refractivity contribution < 1.29 is 18.4 Å². The number of aliphatic hydroxyl groups is 1. The Balaban J connectivity index is 1.72. The first kappa shape index (κ1) is 20.7. The van der Waals surface area contributed by atoms with E-state index in [-0.39, 0.29) is 17.1 Å². The summed E-state index contributed by atoms with van der Waals surface area (Å²) in [7, 11) is -3.93. The first-order valence-electron chi connectivity index (χ1n) is 8.81. The zero-order valence-corrected chi connectivity index (χ0v) is 16.5. The fraction of sp³-hybridized carbons (Fsp3) is 0.143. The molecule has 0 aliphatic rings. The van der Waals surface area contributed by atoms with Crippen molar-refractivity contribution in [3.8, 4) is 11.1 Å². The maximum absolute atomic E-state index is 12.4. The van der Waals surface area contributed by atoms with Crippen LogP contribution in [-0.4, -0.2) is 25.0 Å². The number of hydrogen-bond acceptors (Lipinski definition) is 5. The molecule has 0 amide bonds. The molecule has 0 aliphatic heterocycles. The van der Waals surface area contributed by atoms with Crippen LogP contribution in [-0.2, 0) is 15.6 Å². The summed E-state index contributed by atoms with van der Waals surface area (Å²) in [6.45, 7) is 1.26. The molecule has 0 bridgehead atoms. The molecular weight excluding hydrogens is 392 g/mol. The van der Waals surface area contributed by atoms with E-state index in [0.717, 1.165) is 35.4 Å². The van der Waals surface area contributed by atoms with Crippen LogP contribution in [0.1, 0.15) is 12.5 Å². The van der Waals surface area contributed by atoms with E-state index in [2.05, 4.69) is 4.72 Å². The summed E-state index contributed by atoms with van der Waals surface area (Å²) in [6.07, 6.45) is 0. The minimum Gasteiger partial charge on any atom is -0.384 e. The number of sulfonamides is 1. The van der Waals surface area contributed by atoms with Crippen molar-refractivity contribution in [3.63, 3.8) is 0 Å². The maximum atomic E-state index is 12.4. The van der Waals surface area contributed by atoms with Crippen LogP contribution in [0.2, 0.25) is 0 Å². The first-order valence-corrected chi connectivity index (χ1v) is 10.3. The van der Waals surface area contributed by atoms with E-state index < -0.39 is 20.5 Å². The normalized spacial score (nSPS) is 13.6. The largest absolute Gasteiger partial charge is 0.384 e. The smallest absolute Gasteiger partial charge is 0.269 e. The molecule has 0 saturated carbocycles. The summed E-state index contributed by atoms with van der Waals surface area (Å²) in [4.78, 5) is 9.98. The van der Waals surface area contributed by atoms with Gasteiger partial charge in [0.25, 0.3) is 5.69 Å². The fourth-order valence-corrected chi connectivity index (χ4v) is 3.95. The van der Waals surface area contributed by atoms with Gasteiger partial charge in [-0.2, -0.15) is 0 Å². The topological polar surface area (TPSA) is 110 Å². The van der Waals surface area contributed by atoms with Crippen LogP contribution in [0.4, 0.5) is 5.69 Å². The monoisotopic (exact) mass is 412 g/mol. The highest BCUT2D eigenvalue weighted by Gasteiger charge is 2.26. The molecule has 0 heterocycles. The number of non-ortho nitro benzene ring substituents is 1. The number of nitro benzene ring substituents is 1. The van der Waals surface area contributed by atoms with Gasteiger partial charge < -0.3 is 5.11 Å². The Labute approximate surface area is 168 Å². The number of benzene rings is 3. The molecule has 3 aromatic carbocycles. The van der Waals surface area contributed by atoms with Crippen LogP contribution >= 0.6 is 0 Å². The van der Waals surface area contributed by atoms with E-state index in [9.17, 15) is 23.6 Å². The van der Waals surface area contributed by atoms with E-state index >= 15 is 0 Å². The van der Waals surface area contributed by atoms with Crippen LogP contribution in [0.3, 0.4) is 0 Å². The summed E-state index contributed by atoms with van der Waals surface area (Å²) < 4.78 is 27.2. The van der Waals surface area contributed by atoms with E-state index in [1.165, 1.54) is 6.92 Å². The van der Waals surface area contributed by atoms with Gasteiger partial charge in [-0.3, -0.25) is 10.1 Å². The predicted octanol–water partition coefficient (Wildman–Crippen LogP) is 3.45. The highest BCUT2D eigenvalue weighted by atomic mass is 32.2. The van der Waals surface area contributed by atoms with E-state index in [1.54, 1.807) is 12.1 Å².